The summed E-state index contributed by atoms with van der Waals surface area (Å²) in [4.78, 5) is 51.9. The number of esters is 1. The smallest absolute Gasteiger partial charge is 0.310 e. The molecule has 1 unspecified atom stereocenters. The molecule has 8 nitrogen and oxygen atoms in total. The molecule has 1 saturated heterocycles. The van der Waals surface area contributed by atoms with E-state index in [0.717, 1.165) is 6.42 Å². The Bertz CT molecular complexity index is 821. The predicted octanol–water partition coefficient (Wildman–Crippen LogP) is 1.81. The number of amides is 2. The molecule has 1 atom stereocenters. The van der Waals surface area contributed by atoms with Crippen molar-refractivity contribution >= 4 is 29.3 Å². The summed E-state index contributed by atoms with van der Waals surface area (Å²) in [7, 11) is 1.64. The van der Waals surface area contributed by atoms with Crippen LogP contribution < -0.4 is 9.64 Å². The quantitative estimate of drug-likeness (QED) is 0.532. The van der Waals surface area contributed by atoms with Gasteiger partial charge in [0.15, 0.2) is 12.4 Å². The molecular formula is C21H26N2O6. The van der Waals surface area contributed by atoms with Gasteiger partial charge in [0, 0.05) is 38.5 Å². The van der Waals surface area contributed by atoms with E-state index in [1.165, 1.54) is 4.90 Å². The van der Waals surface area contributed by atoms with Gasteiger partial charge in [0.1, 0.15) is 5.75 Å². The molecular weight excluding hydrogens is 376 g/mol. The number of carbonyl (C=O) groups excluding carboxylic acids is 4. The Hall–Kier alpha value is -2.90. The molecule has 1 aromatic carbocycles. The highest BCUT2D eigenvalue weighted by molar-refractivity contribution is 6.02. The van der Waals surface area contributed by atoms with Gasteiger partial charge in [-0.1, -0.05) is 0 Å². The molecule has 3 rings (SSSR count). The normalized spacial score (nSPS) is 18.7. The Morgan fingerprint density at radius 3 is 2.79 bits per heavy atom. The second-order valence-corrected chi connectivity index (χ2v) is 7.28. The van der Waals surface area contributed by atoms with Crippen molar-refractivity contribution in [3.05, 3.63) is 23.8 Å². The number of piperidine rings is 1. The highest BCUT2D eigenvalue weighted by Crippen LogP contribution is 2.32. The summed E-state index contributed by atoms with van der Waals surface area (Å²) in [6.07, 6.45) is 1.60. The number of Topliss-reactive ketones (excluding diaryl/α,β-unsaturated/α-hetero) is 1. The van der Waals surface area contributed by atoms with Crippen molar-refractivity contribution in [2.45, 2.75) is 32.6 Å². The minimum atomic E-state index is -0.294. The van der Waals surface area contributed by atoms with E-state index in [9.17, 15) is 19.2 Å². The van der Waals surface area contributed by atoms with Gasteiger partial charge >= 0.3 is 5.97 Å². The van der Waals surface area contributed by atoms with Crippen LogP contribution in [0.4, 0.5) is 5.69 Å². The molecule has 0 aromatic heterocycles. The lowest BCUT2D eigenvalue weighted by molar-refractivity contribution is -0.151. The molecule has 2 amide bonds. The number of nitrogens with zero attached hydrogens (tertiary/aromatic N) is 2. The molecule has 0 aliphatic carbocycles. The molecule has 0 N–H and O–H groups in total. The fourth-order valence-electron chi connectivity index (χ4n) is 3.62. The van der Waals surface area contributed by atoms with Crippen molar-refractivity contribution in [2.24, 2.45) is 5.92 Å². The lowest BCUT2D eigenvalue weighted by Gasteiger charge is -2.31. The van der Waals surface area contributed by atoms with Gasteiger partial charge in [-0.05, 0) is 38.0 Å². The van der Waals surface area contributed by atoms with E-state index in [4.69, 9.17) is 9.47 Å². The van der Waals surface area contributed by atoms with E-state index in [-0.39, 0.29) is 48.9 Å². The van der Waals surface area contributed by atoms with E-state index >= 15 is 0 Å². The summed E-state index contributed by atoms with van der Waals surface area (Å²) < 4.78 is 10.4. The summed E-state index contributed by atoms with van der Waals surface area (Å²) >= 11 is 0. The van der Waals surface area contributed by atoms with Crippen molar-refractivity contribution in [2.75, 3.05) is 38.3 Å². The number of hydrogen-bond donors (Lipinski definition) is 0. The highest BCUT2D eigenvalue weighted by atomic mass is 16.5. The second-order valence-electron chi connectivity index (χ2n) is 7.28. The van der Waals surface area contributed by atoms with Crippen molar-refractivity contribution in [1.82, 2.24) is 4.90 Å². The molecule has 0 saturated carbocycles. The van der Waals surface area contributed by atoms with Crippen LogP contribution in [0.15, 0.2) is 18.2 Å². The van der Waals surface area contributed by atoms with Crippen LogP contribution in [0, 0.1) is 5.92 Å². The van der Waals surface area contributed by atoms with Crippen LogP contribution in [0.5, 0.6) is 5.75 Å². The van der Waals surface area contributed by atoms with E-state index in [1.807, 2.05) is 0 Å². The summed E-state index contributed by atoms with van der Waals surface area (Å²) in [6.45, 7) is 3.00. The SMILES string of the molecule is CCOC(=O)C1CCCN(C(=O)CCC(=O)c2ccc3c(c2)N(C)C(=O)CO3)C1. The fourth-order valence-corrected chi connectivity index (χ4v) is 3.62. The van der Waals surface area contributed by atoms with Gasteiger partial charge in [0.05, 0.1) is 18.2 Å². The molecule has 1 aromatic rings. The Kier molecular flexibility index (Phi) is 6.51. The molecule has 0 spiro atoms. The number of hydrogen-bond acceptors (Lipinski definition) is 6. The Morgan fingerprint density at radius 2 is 2.03 bits per heavy atom. The summed E-state index contributed by atoms with van der Waals surface area (Å²) in [5, 5.41) is 0. The van der Waals surface area contributed by atoms with Gasteiger partial charge in [0.2, 0.25) is 5.91 Å². The highest BCUT2D eigenvalue weighted by Gasteiger charge is 2.29. The molecule has 156 valence electrons. The number of ketones is 1. The first-order valence-corrected chi connectivity index (χ1v) is 9.91. The third-order valence-electron chi connectivity index (χ3n) is 5.33. The third kappa shape index (κ3) is 4.75. The molecule has 8 heteroatoms. The lowest BCUT2D eigenvalue weighted by atomic mass is 9.97. The van der Waals surface area contributed by atoms with Crippen LogP contribution >= 0.6 is 0 Å². The number of likely N-dealkylation sites (tertiary alicyclic amines) is 1. The summed E-state index contributed by atoms with van der Waals surface area (Å²) in [5.41, 5.74) is 0.983. The van der Waals surface area contributed by atoms with Gasteiger partial charge in [-0.25, -0.2) is 0 Å². The van der Waals surface area contributed by atoms with Crippen LogP contribution in [0.1, 0.15) is 43.0 Å². The average molecular weight is 402 g/mol. The first-order chi connectivity index (χ1) is 13.9. The number of anilines is 1. The molecule has 0 bridgehead atoms. The Morgan fingerprint density at radius 1 is 1.24 bits per heavy atom. The number of carbonyl (C=O) groups is 4. The summed E-state index contributed by atoms with van der Waals surface area (Å²) in [6, 6.07) is 4.94. The minimum absolute atomic E-state index is 0.0199. The van der Waals surface area contributed by atoms with E-state index < -0.39 is 0 Å². The first-order valence-electron chi connectivity index (χ1n) is 9.91. The van der Waals surface area contributed by atoms with Crippen LogP contribution in [-0.2, 0) is 19.1 Å². The number of fused-ring (bicyclic) bond motifs is 1. The number of likely N-dealkylation sites (N-methyl/N-ethyl adjacent to an activating group) is 1. The second kappa shape index (κ2) is 9.07. The average Bonchev–Trinajstić information content (AvgIpc) is 2.74. The molecule has 2 aliphatic heterocycles. The molecule has 29 heavy (non-hydrogen) atoms. The lowest BCUT2D eigenvalue weighted by Crippen LogP contribution is -2.42. The van der Waals surface area contributed by atoms with E-state index in [1.54, 1.807) is 37.1 Å². The van der Waals surface area contributed by atoms with Crippen LogP contribution in [0.3, 0.4) is 0 Å². The van der Waals surface area contributed by atoms with Crippen molar-refractivity contribution < 1.29 is 28.7 Å². The molecule has 2 aliphatic rings. The zero-order valence-corrected chi connectivity index (χ0v) is 16.8. The Labute approximate surface area is 169 Å². The Balaban J connectivity index is 1.57. The zero-order valence-electron chi connectivity index (χ0n) is 16.8. The van der Waals surface area contributed by atoms with Gasteiger partial charge in [-0.2, -0.15) is 0 Å². The number of benzene rings is 1. The standard InChI is InChI=1S/C21H26N2O6/c1-3-28-21(27)15-5-4-10-23(12-15)19(25)9-7-17(24)14-6-8-18-16(11-14)22(2)20(26)13-29-18/h6,8,11,15H,3-5,7,9-10,12-13H2,1-2H3. The maximum atomic E-state index is 12.6. The van der Waals surface area contributed by atoms with Gasteiger partial charge in [0.25, 0.3) is 5.91 Å². The number of rotatable bonds is 6. The largest absolute Gasteiger partial charge is 0.482 e. The third-order valence-corrected chi connectivity index (χ3v) is 5.33. The topological polar surface area (TPSA) is 93.2 Å². The molecule has 2 heterocycles. The van der Waals surface area contributed by atoms with Crippen molar-refractivity contribution in [3.8, 4) is 5.75 Å². The van der Waals surface area contributed by atoms with E-state index in [2.05, 4.69) is 0 Å². The van der Waals surface area contributed by atoms with Crippen LogP contribution in [-0.4, -0.2) is 61.8 Å². The van der Waals surface area contributed by atoms with Crippen molar-refractivity contribution in [1.29, 1.82) is 0 Å². The van der Waals surface area contributed by atoms with Gasteiger partial charge in [-0.3, -0.25) is 19.2 Å². The monoisotopic (exact) mass is 402 g/mol. The van der Waals surface area contributed by atoms with Gasteiger partial charge in [-0.15, -0.1) is 0 Å². The first kappa shape index (κ1) is 20.8. The molecule has 1 fully saturated rings. The number of ether oxygens (including phenoxy) is 2. The fraction of sp³-hybridized carbons (Fsp3) is 0.524. The minimum Gasteiger partial charge on any atom is -0.482 e. The predicted molar refractivity (Wildman–Crippen MR) is 105 cm³/mol. The molecule has 0 radical (unpaired) electrons. The van der Waals surface area contributed by atoms with Gasteiger partial charge < -0.3 is 19.3 Å². The summed E-state index contributed by atoms with van der Waals surface area (Å²) in [5.74, 6) is -0.503. The van der Waals surface area contributed by atoms with E-state index in [0.29, 0.717) is 43.1 Å². The van der Waals surface area contributed by atoms with Crippen molar-refractivity contribution in [3.63, 3.8) is 0 Å². The van der Waals surface area contributed by atoms with Crippen LogP contribution in [0.2, 0.25) is 0 Å². The maximum absolute atomic E-state index is 12.6. The zero-order chi connectivity index (χ0) is 21.0. The maximum Gasteiger partial charge on any atom is 0.310 e. The van der Waals surface area contributed by atoms with Crippen LogP contribution in [0.25, 0.3) is 0 Å².